The molecule has 450 valence electrons. The van der Waals surface area contributed by atoms with Crippen molar-refractivity contribution in [2.24, 2.45) is 0 Å². The number of carbonyl (C=O) groups excluding carboxylic acids is 1. The smallest absolute Gasteiger partial charge is 0.220 e. The summed E-state index contributed by atoms with van der Waals surface area (Å²) in [4.78, 5) is 13.3. The normalized spacial score (nSPS) is 25.0. The lowest BCUT2D eigenvalue weighted by Gasteiger charge is -2.46. The molecule has 0 aromatic carbocycles. The third-order valence-electron chi connectivity index (χ3n) is 15.2. The molecule has 0 radical (unpaired) electrons. The van der Waals surface area contributed by atoms with Gasteiger partial charge in [-0.05, 0) is 64.2 Å². The summed E-state index contributed by atoms with van der Waals surface area (Å²) in [7, 11) is 0. The van der Waals surface area contributed by atoms with Crippen LogP contribution in [0.4, 0.5) is 0 Å². The first-order chi connectivity index (χ1) is 37.6. The van der Waals surface area contributed by atoms with Crippen LogP contribution in [0.1, 0.15) is 251 Å². The minimum absolute atomic E-state index is 0.249. The number of unbranched alkanes of at least 4 members (excludes halogenated alkanes) is 31. The average molecular weight is 1090 g/mol. The van der Waals surface area contributed by atoms with E-state index in [0.717, 1.165) is 38.5 Å². The van der Waals surface area contributed by atoms with E-state index < -0.39 is 86.8 Å². The van der Waals surface area contributed by atoms with E-state index in [0.29, 0.717) is 12.8 Å². The molecular formula is C63H115NO13. The van der Waals surface area contributed by atoms with Gasteiger partial charge in [0.1, 0.15) is 48.8 Å². The maximum atomic E-state index is 13.3. The Hall–Kier alpha value is -2.05. The zero-order valence-corrected chi connectivity index (χ0v) is 48.5. The maximum absolute atomic E-state index is 13.3. The van der Waals surface area contributed by atoms with Gasteiger partial charge in [-0.1, -0.05) is 229 Å². The van der Waals surface area contributed by atoms with E-state index in [1.807, 2.05) is 6.08 Å². The quantitative estimate of drug-likeness (QED) is 0.0204. The minimum Gasteiger partial charge on any atom is -0.394 e. The number of hydrogen-bond acceptors (Lipinski definition) is 13. The van der Waals surface area contributed by atoms with Gasteiger partial charge in [0, 0.05) is 6.42 Å². The Bertz CT molecular complexity index is 1480. The van der Waals surface area contributed by atoms with Gasteiger partial charge in [-0.2, -0.15) is 0 Å². The van der Waals surface area contributed by atoms with Crippen LogP contribution in [-0.4, -0.2) is 140 Å². The Morgan fingerprint density at radius 3 is 1.35 bits per heavy atom. The molecule has 2 aliphatic heterocycles. The Kier molecular flexibility index (Phi) is 44.9. The molecule has 0 spiro atoms. The number of aliphatic hydroxyl groups excluding tert-OH is 8. The lowest BCUT2D eigenvalue weighted by atomic mass is 9.97. The number of aliphatic hydroxyl groups is 8. The Morgan fingerprint density at radius 2 is 0.870 bits per heavy atom. The number of carbonyl (C=O) groups is 1. The molecule has 2 rings (SSSR count). The van der Waals surface area contributed by atoms with Crippen LogP contribution in [0.15, 0.2) is 48.6 Å². The molecule has 0 aliphatic carbocycles. The average Bonchev–Trinajstić information content (AvgIpc) is 3.44. The van der Waals surface area contributed by atoms with Crippen LogP contribution >= 0.6 is 0 Å². The number of amides is 1. The highest BCUT2D eigenvalue weighted by molar-refractivity contribution is 5.76. The number of allylic oxidation sites excluding steroid dienone is 7. The van der Waals surface area contributed by atoms with Gasteiger partial charge in [-0.15, -0.1) is 0 Å². The van der Waals surface area contributed by atoms with E-state index in [1.54, 1.807) is 6.08 Å². The summed E-state index contributed by atoms with van der Waals surface area (Å²) in [5.41, 5.74) is 0. The molecule has 2 saturated heterocycles. The summed E-state index contributed by atoms with van der Waals surface area (Å²) in [5, 5.41) is 87.1. The molecule has 0 aromatic rings. The van der Waals surface area contributed by atoms with E-state index in [4.69, 9.17) is 18.9 Å². The fourth-order valence-corrected chi connectivity index (χ4v) is 10.2. The fourth-order valence-electron chi connectivity index (χ4n) is 10.2. The van der Waals surface area contributed by atoms with Crippen molar-refractivity contribution >= 4 is 5.91 Å². The van der Waals surface area contributed by atoms with E-state index in [9.17, 15) is 45.6 Å². The standard InChI is InChI=1S/C63H115NO13/c1-3-5-7-9-11-13-15-17-19-21-23-24-25-26-27-28-29-31-33-35-37-39-41-43-45-47-55(68)64-51(52(67)46-44-42-40-38-36-34-32-30-22-20-18-16-14-12-10-8-6-4-2)50-74-62-60(73)58(71)61(54(49-66)76-62)77-63-59(72)57(70)56(69)53(48-65)75-63/h15,17,21,23,36,38,44,46,51-54,56-63,65-67,69-73H,3-14,16,18-20,22,24-35,37,39-43,45,47-50H2,1-2H3,(H,64,68)/b17-15-,23-21-,38-36+,46-44+. The highest BCUT2D eigenvalue weighted by Gasteiger charge is 2.51. The third kappa shape index (κ3) is 34.1. The van der Waals surface area contributed by atoms with Crippen LogP contribution < -0.4 is 5.32 Å². The molecule has 9 N–H and O–H groups in total. The van der Waals surface area contributed by atoms with Crippen LogP contribution in [-0.2, 0) is 23.7 Å². The molecule has 14 heteroatoms. The zero-order chi connectivity index (χ0) is 56.0. The number of rotatable bonds is 50. The van der Waals surface area contributed by atoms with Gasteiger partial charge in [-0.25, -0.2) is 0 Å². The number of hydrogen-bond donors (Lipinski definition) is 9. The van der Waals surface area contributed by atoms with E-state index >= 15 is 0 Å². The number of nitrogens with one attached hydrogen (secondary N) is 1. The molecular weight excluding hydrogens is 979 g/mol. The SMILES string of the molecule is CCCCCCC/C=C\C/C=C\CCCCCCCCCCCCCCCC(=O)NC(COC1OC(CO)C(OC2OC(CO)C(O)C(O)C2O)C(O)C1O)C(O)/C=C/CC/C=C/CCCCCCCCCCCCCC. The Labute approximate surface area is 467 Å². The molecule has 2 aliphatic rings. The summed E-state index contributed by atoms with van der Waals surface area (Å²) >= 11 is 0. The molecule has 0 aromatic heterocycles. The summed E-state index contributed by atoms with van der Waals surface area (Å²) in [6, 6.07) is -0.932. The highest BCUT2D eigenvalue weighted by atomic mass is 16.7. The first-order valence-electron chi connectivity index (χ1n) is 31.4. The molecule has 1 amide bonds. The van der Waals surface area contributed by atoms with Gasteiger partial charge in [0.2, 0.25) is 5.91 Å². The van der Waals surface area contributed by atoms with Crippen LogP contribution in [0, 0.1) is 0 Å². The van der Waals surface area contributed by atoms with Crippen LogP contribution in [0.25, 0.3) is 0 Å². The van der Waals surface area contributed by atoms with E-state index in [-0.39, 0.29) is 18.9 Å². The minimum atomic E-state index is -1.79. The second-order valence-corrected chi connectivity index (χ2v) is 22.2. The molecule has 12 unspecified atom stereocenters. The maximum Gasteiger partial charge on any atom is 0.220 e. The zero-order valence-electron chi connectivity index (χ0n) is 48.5. The van der Waals surface area contributed by atoms with Crippen molar-refractivity contribution in [1.29, 1.82) is 0 Å². The van der Waals surface area contributed by atoms with E-state index in [1.165, 1.54) is 180 Å². The molecule has 2 fully saturated rings. The van der Waals surface area contributed by atoms with E-state index in [2.05, 4.69) is 55.6 Å². The van der Waals surface area contributed by atoms with Gasteiger partial charge in [0.25, 0.3) is 0 Å². The van der Waals surface area contributed by atoms with Gasteiger partial charge in [-0.3, -0.25) is 4.79 Å². The lowest BCUT2D eigenvalue weighted by Crippen LogP contribution is -2.65. The number of ether oxygens (including phenoxy) is 4. The van der Waals surface area contributed by atoms with Crippen molar-refractivity contribution in [1.82, 2.24) is 5.32 Å². The summed E-state index contributed by atoms with van der Waals surface area (Å²) in [5.74, 6) is -0.249. The highest BCUT2D eigenvalue weighted by Crippen LogP contribution is 2.30. The second kappa shape index (κ2) is 48.6. The van der Waals surface area contributed by atoms with Gasteiger partial charge >= 0.3 is 0 Å². The van der Waals surface area contributed by atoms with Crippen LogP contribution in [0.2, 0.25) is 0 Å². The monoisotopic (exact) mass is 1090 g/mol. The predicted molar refractivity (Wildman–Crippen MR) is 309 cm³/mol. The van der Waals surface area contributed by atoms with Crippen LogP contribution in [0.3, 0.4) is 0 Å². The van der Waals surface area contributed by atoms with Crippen LogP contribution in [0.5, 0.6) is 0 Å². The predicted octanol–water partition coefficient (Wildman–Crippen LogP) is 11.2. The van der Waals surface area contributed by atoms with Gasteiger partial charge in [0.05, 0.1) is 32.0 Å². The molecule has 77 heavy (non-hydrogen) atoms. The van der Waals surface area contributed by atoms with Crippen molar-refractivity contribution in [3.63, 3.8) is 0 Å². The van der Waals surface area contributed by atoms with Crippen molar-refractivity contribution in [2.45, 2.75) is 325 Å². The summed E-state index contributed by atoms with van der Waals surface area (Å²) in [6.45, 7) is 2.79. The largest absolute Gasteiger partial charge is 0.394 e. The first-order valence-corrected chi connectivity index (χ1v) is 31.4. The summed E-state index contributed by atoms with van der Waals surface area (Å²) in [6.07, 6.45) is 44.4. The Balaban J connectivity index is 1.74. The third-order valence-corrected chi connectivity index (χ3v) is 15.2. The topological polar surface area (TPSA) is 228 Å². The summed E-state index contributed by atoms with van der Waals surface area (Å²) < 4.78 is 22.8. The van der Waals surface area contributed by atoms with Crippen molar-refractivity contribution in [2.75, 3.05) is 19.8 Å². The fraction of sp³-hybridized carbons (Fsp3) is 0.857. The lowest BCUT2D eigenvalue weighted by molar-refractivity contribution is -0.359. The van der Waals surface area contributed by atoms with Crippen molar-refractivity contribution in [3.05, 3.63) is 48.6 Å². The molecule has 14 nitrogen and oxygen atoms in total. The Morgan fingerprint density at radius 1 is 0.468 bits per heavy atom. The molecule has 0 saturated carbocycles. The molecule has 12 atom stereocenters. The second-order valence-electron chi connectivity index (χ2n) is 22.2. The first kappa shape index (κ1) is 71.1. The van der Waals surface area contributed by atoms with Crippen molar-refractivity contribution < 1.29 is 64.6 Å². The van der Waals surface area contributed by atoms with Crippen molar-refractivity contribution in [3.8, 4) is 0 Å². The van der Waals surface area contributed by atoms with Gasteiger partial charge < -0.3 is 65.1 Å². The van der Waals surface area contributed by atoms with Gasteiger partial charge in [0.15, 0.2) is 12.6 Å². The molecule has 0 bridgehead atoms. The molecule has 2 heterocycles.